The predicted molar refractivity (Wildman–Crippen MR) is 43.8 cm³/mol. The fourth-order valence-corrected chi connectivity index (χ4v) is 1.23. The molecule has 2 heteroatoms. The molecule has 0 amide bonds. The summed E-state index contributed by atoms with van der Waals surface area (Å²) in [6.07, 6.45) is 6.79. The number of hydrogen-bond donors (Lipinski definition) is 2. The van der Waals surface area contributed by atoms with Gasteiger partial charge in [0.25, 0.3) is 0 Å². The fraction of sp³-hybridized carbons (Fsp3) is 0.750. The van der Waals surface area contributed by atoms with E-state index in [2.05, 4.69) is 17.5 Å². The van der Waals surface area contributed by atoms with E-state index in [0.29, 0.717) is 0 Å². The molecule has 3 N–H and O–H groups in total. The van der Waals surface area contributed by atoms with Gasteiger partial charge in [0.1, 0.15) is 0 Å². The Kier molecular flexibility index (Phi) is 3.47. The Morgan fingerprint density at radius 3 is 3.10 bits per heavy atom. The highest BCUT2D eigenvalue weighted by atomic mass is 14.9. The molecule has 0 aliphatic carbocycles. The molecule has 2 nitrogen and oxygen atoms in total. The zero-order valence-corrected chi connectivity index (χ0v) is 6.34. The molecule has 1 fully saturated rings. The average Bonchev–Trinajstić information content (AvgIpc) is 2.41. The van der Waals surface area contributed by atoms with Gasteiger partial charge in [0.15, 0.2) is 0 Å². The molecule has 0 aromatic heterocycles. The SMILES string of the molecule is NCC/C=C\C1CCNC1. The van der Waals surface area contributed by atoms with E-state index in [0.717, 1.165) is 25.4 Å². The van der Waals surface area contributed by atoms with Crippen molar-refractivity contribution in [1.29, 1.82) is 0 Å². The standard InChI is InChI=1S/C8H16N2/c9-5-2-1-3-8-4-6-10-7-8/h1,3,8,10H,2,4-7,9H2/b3-1-. The van der Waals surface area contributed by atoms with E-state index < -0.39 is 0 Å². The molecule has 1 saturated heterocycles. The van der Waals surface area contributed by atoms with Crippen molar-refractivity contribution in [3.05, 3.63) is 12.2 Å². The molecule has 0 bridgehead atoms. The summed E-state index contributed by atoms with van der Waals surface area (Å²) in [6.45, 7) is 3.11. The highest BCUT2D eigenvalue weighted by Gasteiger charge is 2.09. The van der Waals surface area contributed by atoms with Crippen LogP contribution in [0.1, 0.15) is 12.8 Å². The Balaban J connectivity index is 2.10. The molecular formula is C8H16N2. The van der Waals surface area contributed by atoms with Crippen LogP contribution in [-0.2, 0) is 0 Å². The molecule has 10 heavy (non-hydrogen) atoms. The quantitative estimate of drug-likeness (QED) is 0.560. The number of hydrogen-bond acceptors (Lipinski definition) is 2. The Morgan fingerprint density at radius 2 is 2.50 bits per heavy atom. The Labute approximate surface area is 62.5 Å². The van der Waals surface area contributed by atoms with E-state index in [1.807, 2.05) is 0 Å². The molecule has 0 saturated carbocycles. The van der Waals surface area contributed by atoms with Crippen LogP contribution in [0.15, 0.2) is 12.2 Å². The van der Waals surface area contributed by atoms with Crippen molar-refractivity contribution in [2.45, 2.75) is 12.8 Å². The van der Waals surface area contributed by atoms with Gasteiger partial charge in [-0.2, -0.15) is 0 Å². The second kappa shape index (κ2) is 4.47. The van der Waals surface area contributed by atoms with Crippen molar-refractivity contribution in [2.24, 2.45) is 11.7 Å². The van der Waals surface area contributed by atoms with Crippen molar-refractivity contribution in [1.82, 2.24) is 5.32 Å². The van der Waals surface area contributed by atoms with Gasteiger partial charge in [-0.3, -0.25) is 0 Å². The molecule has 1 rings (SSSR count). The van der Waals surface area contributed by atoms with Gasteiger partial charge in [-0.05, 0) is 31.8 Å². The summed E-state index contributed by atoms with van der Waals surface area (Å²) in [5.74, 6) is 0.770. The molecule has 0 aromatic carbocycles. The topological polar surface area (TPSA) is 38.0 Å². The van der Waals surface area contributed by atoms with Crippen LogP contribution in [0.25, 0.3) is 0 Å². The molecule has 0 spiro atoms. The summed E-state index contributed by atoms with van der Waals surface area (Å²) < 4.78 is 0. The molecule has 58 valence electrons. The predicted octanol–water partition coefficient (Wildman–Crippen LogP) is 0.501. The number of rotatable bonds is 3. The highest BCUT2D eigenvalue weighted by molar-refractivity contribution is 4.92. The normalized spacial score (nSPS) is 26.3. The Bertz CT molecular complexity index is 104. The minimum absolute atomic E-state index is 0.770. The van der Waals surface area contributed by atoms with Crippen molar-refractivity contribution in [2.75, 3.05) is 19.6 Å². The average molecular weight is 140 g/mol. The molecule has 1 unspecified atom stereocenters. The molecule has 0 radical (unpaired) electrons. The third-order valence-corrected chi connectivity index (χ3v) is 1.84. The minimum Gasteiger partial charge on any atom is -0.330 e. The Hall–Kier alpha value is -0.340. The summed E-state index contributed by atoms with van der Waals surface area (Å²) in [7, 11) is 0. The highest BCUT2D eigenvalue weighted by Crippen LogP contribution is 2.08. The Morgan fingerprint density at radius 1 is 1.60 bits per heavy atom. The van der Waals surface area contributed by atoms with Crippen LogP contribution in [0.3, 0.4) is 0 Å². The zero-order valence-electron chi connectivity index (χ0n) is 6.34. The van der Waals surface area contributed by atoms with E-state index in [-0.39, 0.29) is 0 Å². The van der Waals surface area contributed by atoms with Crippen LogP contribution in [0.5, 0.6) is 0 Å². The molecule has 1 aliphatic rings. The summed E-state index contributed by atoms with van der Waals surface area (Å²) in [5, 5.41) is 3.32. The summed E-state index contributed by atoms with van der Waals surface area (Å²) >= 11 is 0. The molecular weight excluding hydrogens is 124 g/mol. The fourth-order valence-electron chi connectivity index (χ4n) is 1.23. The second-order valence-electron chi connectivity index (χ2n) is 2.76. The first-order chi connectivity index (χ1) is 4.93. The smallest absolute Gasteiger partial charge is 0.00146 e. The maximum absolute atomic E-state index is 5.35. The molecule has 1 heterocycles. The summed E-state index contributed by atoms with van der Waals surface area (Å²) in [6, 6.07) is 0. The first-order valence-electron chi connectivity index (χ1n) is 4.01. The number of nitrogens with one attached hydrogen (secondary N) is 1. The third kappa shape index (κ3) is 2.50. The van der Waals surface area contributed by atoms with E-state index in [1.54, 1.807) is 0 Å². The molecule has 1 atom stereocenters. The van der Waals surface area contributed by atoms with E-state index in [4.69, 9.17) is 5.73 Å². The van der Waals surface area contributed by atoms with Crippen molar-refractivity contribution < 1.29 is 0 Å². The largest absolute Gasteiger partial charge is 0.330 e. The lowest BCUT2D eigenvalue weighted by Gasteiger charge is -1.97. The summed E-state index contributed by atoms with van der Waals surface area (Å²) in [5.41, 5.74) is 5.35. The van der Waals surface area contributed by atoms with Crippen LogP contribution in [0, 0.1) is 5.92 Å². The van der Waals surface area contributed by atoms with E-state index in [1.165, 1.54) is 13.0 Å². The van der Waals surface area contributed by atoms with Crippen molar-refractivity contribution >= 4 is 0 Å². The van der Waals surface area contributed by atoms with Crippen LogP contribution < -0.4 is 11.1 Å². The number of nitrogens with two attached hydrogens (primary N) is 1. The van der Waals surface area contributed by atoms with E-state index in [9.17, 15) is 0 Å². The van der Waals surface area contributed by atoms with Crippen molar-refractivity contribution in [3.63, 3.8) is 0 Å². The van der Waals surface area contributed by atoms with Gasteiger partial charge in [-0.25, -0.2) is 0 Å². The van der Waals surface area contributed by atoms with Crippen molar-refractivity contribution in [3.8, 4) is 0 Å². The maximum atomic E-state index is 5.35. The van der Waals surface area contributed by atoms with Gasteiger partial charge in [0.05, 0.1) is 0 Å². The second-order valence-corrected chi connectivity index (χ2v) is 2.76. The molecule has 1 aliphatic heterocycles. The van der Waals surface area contributed by atoms with Crippen LogP contribution in [0.2, 0.25) is 0 Å². The van der Waals surface area contributed by atoms with Gasteiger partial charge in [-0.1, -0.05) is 12.2 Å². The first-order valence-corrected chi connectivity index (χ1v) is 4.01. The first kappa shape index (κ1) is 7.76. The zero-order chi connectivity index (χ0) is 7.23. The maximum Gasteiger partial charge on any atom is 0.00146 e. The molecule has 0 aromatic rings. The lowest BCUT2D eigenvalue weighted by atomic mass is 10.1. The summed E-state index contributed by atoms with van der Waals surface area (Å²) in [4.78, 5) is 0. The van der Waals surface area contributed by atoms with Gasteiger partial charge in [-0.15, -0.1) is 0 Å². The van der Waals surface area contributed by atoms with Crippen LogP contribution in [-0.4, -0.2) is 19.6 Å². The lowest BCUT2D eigenvalue weighted by molar-refractivity contribution is 0.724. The monoisotopic (exact) mass is 140 g/mol. The van der Waals surface area contributed by atoms with Crippen LogP contribution >= 0.6 is 0 Å². The van der Waals surface area contributed by atoms with Gasteiger partial charge in [0.2, 0.25) is 0 Å². The van der Waals surface area contributed by atoms with Gasteiger partial charge < -0.3 is 11.1 Å². The third-order valence-electron chi connectivity index (χ3n) is 1.84. The van der Waals surface area contributed by atoms with Crippen LogP contribution in [0.4, 0.5) is 0 Å². The lowest BCUT2D eigenvalue weighted by Crippen LogP contribution is -2.07. The minimum atomic E-state index is 0.770. The van der Waals surface area contributed by atoms with E-state index >= 15 is 0 Å². The van der Waals surface area contributed by atoms with Gasteiger partial charge in [0, 0.05) is 6.54 Å². The van der Waals surface area contributed by atoms with Gasteiger partial charge >= 0.3 is 0 Å².